The lowest BCUT2D eigenvalue weighted by molar-refractivity contribution is -0.115. The molecule has 3 aromatic rings. The summed E-state index contributed by atoms with van der Waals surface area (Å²) in [5, 5.41) is 12.1. The second-order valence-electron chi connectivity index (χ2n) is 5.68. The molecule has 1 atom stereocenters. The van der Waals surface area contributed by atoms with E-state index in [2.05, 4.69) is 10.3 Å². The zero-order chi connectivity index (χ0) is 28.6. The molecule has 0 aliphatic rings. The van der Waals surface area contributed by atoms with Gasteiger partial charge in [0.25, 0.3) is 0 Å². The molecule has 1 aromatic heterocycles. The second-order valence-corrected chi connectivity index (χ2v) is 6.51. The van der Waals surface area contributed by atoms with Crippen LogP contribution < -0.4 is 11.1 Å². The van der Waals surface area contributed by atoms with Gasteiger partial charge in [-0.25, -0.2) is 4.98 Å². The first-order valence-electron chi connectivity index (χ1n) is 13.4. The van der Waals surface area contributed by atoms with E-state index < -0.39 is 60.3 Å². The van der Waals surface area contributed by atoms with Crippen molar-refractivity contribution in [2.75, 3.05) is 11.1 Å². The van der Waals surface area contributed by atoms with Crippen molar-refractivity contribution in [3.8, 4) is 0 Å². The van der Waals surface area contributed by atoms with Gasteiger partial charge in [-0.1, -0.05) is 48.8 Å². The lowest BCUT2D eigenvalue weighted by Crippen LogP contribution is -2.14. The molecular weight excluding hydrogens is 370 g/mol. The first-order chi connectivity index (χ1) is 17.5. The topological polar surface area (TPSA) is 88.2 Å². The van der Waals surface area contributed by atoms with Gasteiger partial charge in [-0.2, -0.15) is 0 Å². The van der Waals surface area contributed by atoms with Crippen molar-refractivity contribution in [1.29, 1.82) is 0 Å². The predicted molar refractivity (Wildman–Crippen MR) is 114 cm³/mol. The van der Waals surface area contributed by atoms with Crippen LogP contribution in [0.3, 0.4) is 0 Å². The molecule has 0 aliphatic heterocycles. The highest BCUT2D eigenvalue weighted by Gasteiger charge is 2.08. The van der Waals surface area contributed by atoms with Crippen LogP contribution >= 0.6 is 11.3 Å². The van der Waals surface area contributed by atoms with Crippen LogP contribution in [0, 0.1) is 0 Å². The van der Waals surface area contributed by atoms with Crippen LogP contribution in [0.15, 0.2) is 59.9 Å². The van der Waals surface area contributed by atoms with Gasteiger partial charge in [-0.3, -0.25) is 4.79 Å². The number of rotatable bonds is 9. The van der Waals surface area contributed by atoms with Crippen molar-refractivity contribution in [3.05, 3.63) is 76.7 Å². The summed E-state index contributed by atoms with van der Waals surface area (Å²) in [5.41, 5.74) is 4.38. The summed E-state index contributed by atoms with van der Waals surface area (Å²) in [6, 6.07) is 5.36. The maximum Gasteiger partial charge on any atom is 0.230 e. The van der Waals surface area contributed by atoms with E-state index in [0.29, 0.717) is 11.3 Å². The van der Waals surface area contributed by atoms with E-state index >= 15 is 0 Å². The number of nitrogens with one attached hydrogen (secondary N) is 1. The van der Waals surface area contributed by atoms with Gasteiger partial charge in [0.1, 0.15) is 0 Å². The molecule has 4 N–H and O–H groups in total. The van der Waals surface area contributed by atoms with E-state index in [4.69, 9.17) is 19.4 Å². The number of carbonyl (C=O) groups is 1. The summed E-state index contributed by atoms with van der Waals surface area (Å²) in [7, 11) is 0. The normalized spacial score (nSPS) is 19.2. The molecule has 0 aliphatic carbocycles. The van der Waals surface area contributed by atoms with Crippen LogP contribution in [-0.2, 0) is 17.6 Å². The Bertz CT molecular complexity index is 1320. The lowest BCUT2D eigenvalue weighted by atomic mass is 10.0. The number of thiazole rings is 1. The molecule has 146 valence electrons. The van der Waals surface area contributed by atoms with Crippen molar-refractivity contribution < 1.29 is 23.6 Å². The SMILES string of the molecule is [2H]c1sc(N)nc1C([2H])([2H])C(=O)Nc1c([2H])c([2H])c(CCCC([2H])([2H])[C@]([2H])(O)c2ccccc2)c([2H])c1[2H]. The van der Waals surface area contributed by atoms with Crippen molar-refractivity contribution >= 4 is 28.1 Å². The van der Waals surface area contributed by atoms with Crippen LogP contribution in [0.5, 0.6) is 0 Å². The number of amides is 1. The molecule has 2 aromatic carbocycles. The van der Waals surface area contributed by atoms with Gasteiger partial charge in [0.15, 0.2) is 5.13 Å². The van der Waals surface area contributed by atoms with Gasteiger partial charge in [0.05, 0.1) is 26.4 Å². The maximum atomic E-state index is 12.7. The van der Waals surface area contributed by atoms with Gasteiger partial charge in [-0.05, 0) is 42.4 Å². The zero-order valence-corrected chi connectivity index (χ0v) is 15.6. The van der Waals surface area contributed by atoms with Crippen molar-refractivity contribution in [2.24, 2.45) is 0 Å². The molecule has 0 fully saturated rings. The smallest absolute Gasteiger partial charge is 0.230 e. The van der Waals surface area contributed by atoms with Crippen LogP contribution in [0.25, 0.3) is 0 Å². The van der Waals surface area contributed by atoms with E-state index in [-0.39, 0.29) is 40.9 Å². The van der Waals surface area contributed by atoms with E-state index in [0.717, 1.165) is 0 Å². The molecular formula is C22H25N3O2S. The zero-order valence-electron chi connectivity index (χ0n) is 24.8. The molecule has 1 heterocycles. The summed E-state index contributed by atoms with van der Waals surface area (Å²) in [4.78, 5) is 16.4. The standard InChI is InChI=1S/C22H25N3O2S/c23-22-25-19(15-28-22)14-21(27)24-18-12-10-16(11-13-18)6-4-5-9-20(26)17-7-2-1-3-8-17/h1-3,7-8,10-13,15,20,26H,4-6,9,14H2,(H2,23,25)(H,24,27)/t20-/m0/s1/i9D2,10D,11D,12D,13D,14D2,15D,20D. The quantitative estimate of drug-likeness (QED) is 0.494. The molecule has 1 amide bonds. The Morgan fingerprint density at radius 1 is 1.29 bits per heavy atom. The molecule has 0 saturated heterocycles. The third-order valence-electron chi connectivity index (χ3n) is 3.56. The Kier molecular flexibility index (Phi) is 3.84. The number of anilines is 2. The van der Waals surface area contributed by atoms with Crippen molar-refractivity contribution in [3.63, 3.8) is 0 Å². The van der Waals surface area contributed by atoms with Gasteiger partial charge in [0.2, 0.25) is 5.91 Å². The highest BCUT2D eigenvalue weighted by Crippen LogP contribution is 2.20. The third-order valence-corrected chi connectivity index (χ3v) is 4.16. The number of hydrogen-bond acceptors (Lipinski definition) is 5. The molecule has 3 rings (SSSR count). The number of nitrogens with zero attached hydrogens (tertiary/aromatic N) is 1. The number of nitrogen functional groups attached to an aromatic ring is 1. The minimum atomic E-state index is -2.84. The van der Waals surface area contributed by atoms with Crippen LogP contribution in [-0.4, -0.2) is 16.0 Å². The fraction of sp³-hybridized carbons (Fsp3) is 0.273. The summed E-state index contributed by atoms with van der Waals surface area (Å²) >= 11 is 0.667. The molecule has 5 nitrogen and oxygen atoms in total. The van der Waals surface area contributed by atoms with Crippen molar-refractivity contribution in [2.45, 2.75) is 38.1 Å². The molecule has 0 saturated carbocycles. The van der Waals surface area contributed by atoms with Crippen LogP contribution in [0.1, 0.15) is 55.8 Å². The summed E-state index contributed by atoms with van der Waals surface area (Å²) in [5.74, 6) is -1.35. The predicted octanol–water partition coefficient (Wildman–Crippen LogP) is 4.35. The van der Waals surface area contributed by atoms with Crippen LogP contribution in [0.4, 0.5) is 10.8 Å². The summed E-state index contributed by atoms with van der Waals surface area (Å²) < 4.78 is 81.6. The van der Waals surface area contributed by atoms with Gasteiger partial charge >= 0.3 is 0 Å². The first kappa shape index (κ1) is 10.7. The Balaban J connectivity index is 1.81. The largest absolute Gasteiger partial charge is 0.388 e. The molecule has 0 radical (unpaired) electrons. The Labute approximate surface area is 183 Å². The van der Waals surface area contributed by atoms with Crippen molar-refractivity contribution in [1.82, 2.24) is 4.98 Å². The number of nitrogens with two attached hydrogens (primary N) is 1. The second kappa shape index (κ2) is 10.0. The fourth-order valence-corrected chi connectivity index (χ4v) is 2.69. The van der Waals surface area contributed by atoms with Gasteiger partial charge in [-0.15, -0.1) is 11.3 Å². The summed E-state index contributed by atoms with van der Waals surface area (Å²) in [6.07, 6.45) is -8.27. The van der Waals surface area contributed by atoms with E-state index in [1.54, 1.807) is 18.2 Å². The highest BCUT2D eigenvalue weighted by atomic mass is 32.1. The van der Waals surface area contributed by atoms with E-state index in [1.165, 1.54) is 12.1 Å². The number of hydrogen-bond donors (Lipinski definition) is 3. The average molecular weight is 406 g/mol. The first-order valence-corrected chi connectivity index (χ1v) is 9.26. The maximum absolute atomic E-state index is 12.7. The number of benzene rings is 2. The third kappa shape index (κ3) is 6.18. The fourth-order valence-electron chi connectivity index (χ4n) is 2.26. The molecule has 0 unspecified atom stereocenters. The monoisotopic (exact) mass is 405 g/mol. The van der Waals surface area contributed by atoms with E-state index in [1.807, 2.05) is 0 Å². The molecule has 28 heavy (non-hydrogen) atoms. The Morgan fingerprint density at radius 3 is 2.71 bits per heavy atom. The van der Waals surface area contributed by atoms with E-state index in [9.17, 15) is 9.90 Å². The minimum absolute atomic E-state index is 0.0244. The van der Waals surface area contributed by atoms with Gasteiger partial charge in [0, 0.05) is 16.5 Å². The van der Waals surface area contributed by atoms with Gasteiger partial charge < -0.3 is 16.2 Å². The minimum Gasteiger partial charge on any atom is -0.388 e. The molecule has 0 spiro atoms. The number of aliphatic hydroxyl groups is 1. The highest BCUT2D eigenvalue weighted by molar-refractivity contribution is 7.13. The Morgan fingerprint density at radius 2 is 2.04 bits per heavy atom. The molecule has 6 heteroatoms. The number of carbonyl (C=O) groups excluding carboxylic acids is 1. The lowest BCUT2D eigenvalue weighted by Gasteiger charge is -2.10. The number of aromatic nitrogens is 1. The molecule has 0 bridgehead atoms. The summed E-state index contributed by atoms with van der Waals surface area (Å²) in [6.45, 7) is 0. The Hall–Kier alpha value is -2.70. The average Bonchev–Trinajstić information content (AvgIpc) is 3.21. The van der Waals surface area contributed by atoms with Crippen LogP contribution in [0.2, 0.25) is 0 Å².